The molecule has 0 atom stereocenters. The summed E-state index contributed by atoms with van der Waals surface area (Å²) in [6, 6.07) is 1.11. The largest absolute Gasteiger partial charge is 0.481 e. The minimum atomic E-state index is -1.04. The van der Waals surface area contributed by atoms with Crippen LogP contribution in [-0.4, -0.2) is 33.4 Å². The van der Waals surface area contributed by atoms with Crippen molar-refractivity contribution in [3.05, 3.63) is 33.6 Å². The highest BCUT2D eigenvalue weighted by atomic mass is 16.6. The molecule has 8 nitrogen and oxygen atoms in total. The molecular weight excluding hydrogens is 242 g/mol. The molecule has 0 aromatic carbocycles. The first kappa shape index (κ1) is 13.6. The summed E-state index contributed by atoms with van der Waals surface area (Å²) >= 11 is 0. The molecule has 2 N–H and O–H groups in total. The first-order valence-corrected chi connectivity index (χ1v) is 5.03. The number of aromatic nitrogens is 1. The minimum absolute atomic E-state index is 0.0453. The minimum Gasteiger partial charge on any atom is -0.481 e. The van der Waals surface area contributed by atoms with Crippen molar-refractivity contribution >= 4 is 17.6 Å². The maximum atomic E-state index is 11.7. The Kier molecular flexibility index (Phi) is 4.30. The molecule has 96 valence electrons. The third-order valence-corrected chi connectivity index (χ3v) is 2.15. The van der Waals surface area contributed by atoms with E-state index < -0.39 is 16.8 Å². The number of aryl methyl sites for hydroxylation is 1. The molecule has 0 spiro atoms. The van der Waals surface area contributed by atoms with Crippen LogP contribution >= 0.6 is 0 Å². The highest BCUT2D eigenvalue weighted by molar-refractivity contribution is 5.95. The Hall–Kier alpha value is -2.51. The summed E-state index contributed by atoms with van der Waals surface area (Å²) in [6.45, 7) is 1.49. The summed E-state index contributed by atoms with van der Waals surface area (Å²) in [4.78, 5) is 35.6. The zero-order valence-electron chi connectivity index (χ0n) is 9.54. The summed E-state index contributed by atoms with van der Waals surface area (Å²) < 4.78 is 0. The van der Waals surface area contributed by atoms with Crippen molar-refractivity contribution in [2.45, 2.75) is 13.3 Å². The second-order valence-electron chi connectivity index (χ2n) is 3.48. The number of carbonyl (C=O) groups excluding carboxylic acids is 1. The Bertz CT molecular complexity index is 500. The fraction of sp³-hybridized carbons (Fsp3) is 0.300. The maximum absolute atomic E-state index is 11.7. The number of nitrogens with zero attached hydrogens (tertiary/aromatic N) is 2. The Labute approximate surface area is 102 Å². The first-order valence-electron chi connectivity index (χ1n) is 5.03. The second-order valence-corrected chi connectivity index (χ2v) is 3.48. The Morgan fingerprint density at radius 2 is 2.22 bits per heavy atom. The summed E-state index contributed by atoms with van der Waals surface area (Å²) in [7, 11) is 0. The quantitative estimate of drug-likeness (QED) is 0.582. The molecule has 1 aromatic rings. The lowest BCUT2D eigenvalue weighted by Crippen LogP contribution is -2.27. The van der Waals surface area contributed by atoms with Crippen molar-refractivity contribution < 1.29 is 19.6 Å². The van der Waals surface area contributed by atoms with Crippen LogP contribution in [0.2, 0.25) is 0 Å². The molecule has 0 saturated heterocycles. The molecule has 0 radical (unpaired) electrons. The first-order chi connectivity index (χ1) is 8.41. The number of carbonyl (C=O) groups is 2. The van der Waals surface area contributed by atoms with Crippen LogP contribution in [0, 0.1) is 17.0 Å². The molecule has 0 unspecified atom stereocenters. The predicted octanol–water partition coefficient (Wildman–Crippen LogP) is 0.503. The maximum Gasteiger partial charge on any atom is 0.305 e. The van der Waals surface area contributed by atoms with Crippen molar-refractivity contribution in [2.24, 2.45) is 0 Å². The Morgan fingerprint density at radius 1 is 1.56 bits per heavy atom. The van der Waals surface area contributed by atoms with Crippen LogP contribution in [0.5, 0.6) is 0 Å². The molecule has 1 aromatic heterocycles. The second kappa shape index (κ2) is 5.71. The fourth-order valence-electron chi connectivity index (χ4n) is 1.23. The molecule has 0 fully saturated rings. The van der Waals surface area contributed by atoms with E-state index >= 15 is 0 Å². The zero-order valence-corrected chi connectivity index (χ0v) is 9.54. The fourth-order valence-corrected chi connectivity index (χ4v) is 1.23. The van der Waals surface area contributed by atoms with Crippen LogP contribution in [0.25, 0.3) is 0 Å². The number of nitro groups is 1. The van der Waals surface area contributed by atoms with E-state index in [1.54, 1.807) is 0 Å². The number of rotatable bonds is 5. The van der Waals surface area contributed by atoms with Crippen LogP contribution in [0.15, 0.2) is 12.3 Å². The monoisotopic (exact) mass is 253 g/mol. The summed E-state index contributed by atoms with van der Waals surface area (Å²) in [5, 5.41) is 21.3. The van der Waals surface area contributed by atoms with Crippen LogP contribution in [0.4, 0.5) is 5.69 Å². The van der Waals surface area contributed by atoms with Gasteiger partial charge in [-0.3, -0.25) is 24.7 Å². The van der Waals surface area contributed by atoms with Gasteiger partial charge < -0.3 is 10.4 Å². The van der Waals surface area contributed by atoms with Gasteiger partial charge in [0.25, 0.3) is 11.6 Å². The van der Waals surface area contributed by atoms with E-state index in [9.17, 15) is 19.7 Å². The van der Waals surface area contributed by atoms with E-state index in [-0.39, 0.29) is 24.2 Å². The van der Waals surface area contributed by atoms with Gasteiger partial charge in [-0.15, -0.1) is 0 Å². The summed E-state index contributed by atoms with van der Waals surface area (Å²) in [6.07, 6.45) is 0.844. The molecule has 0 aliphatic heterocycles. The van der Waals surface area contributed by atoms with E-state index in [1.165, 1.54) is 6.92 Å². The highest BCUT2D eigenvalue weighted by Crippen LogP contribution is 2.14. The molecule has 0 aliphatic rings. The van der Waals surface area contributed by atoms with Gasteiger partial charge in [-0.25, -0.2) is 0 Å². The average Bonchev–Trinajstić information content (AvgIpc) is 2.28. The summed E-state index contributed by atoms with van der Waals surface area (Å²) in [5.74, 6) is -1.62. The lowest BCUT2D eigenvalue weighted by Gasteiger charge is -2.05. The van der Waals surface area contributed by atoms with Crippen molar-refractivity contribution in [1.29, 1.82) is 0 Å². The number of nitrogens with one attached hydrogen (secondary N) is 1. The zero-order chi connectivity index (χ0) is 13.7. The van der Waals surface area contributed by atoms with Gasteiger partial charge in [0.15, 0.2) is 0 Å². The standard InChI is InChI=1S/C10H11N3O5/c1-6-8(4-7(5-12-6)13(17)18)10(16)11-3-2-9(14)15/h4-5H,2-3H2,1H3,(H,11,16)(H,14,15). The lowest BCUT2D eigenvalue weighted by molar-refractivity contribution is -0.385. The molecule has 1 amide bonds. The van der Waals surface area contributed by atoms with Crippen LogP contribution in [0.3, 0.4) is 0 Å². The molecule has 1 heterocycles. The van der Waals surface area contributed by atoms with E-state index in [0.29, 0.717) is 5.69 Å². The van der Waals surface area contributed by atoms with Gasteiger partial charge in [-0.1, -0.05) is 0 Å². The van der Waals surface area contributed by atoms with E-state index in [4.69, 9.17) is 5.11 Å². The predicted molar refractivity (Wildman–Crippen MR) is 60.2 cm³/mol. The van der Waals surface area contributed by atoms with E-state index in [1.807, 2.05) is 0 Å². The van der Waals surface area contributed by atoms with Crippen molar-refractivity contribution in [3.8, 4) is 0 Å². The molecule has 8 heteroatoms. The van der Waals surface area contributed by atoms with Crippen molar-refractivity contribution in [2.75, 3.05) is 6.54 Å². The molecule has 1 rings (SSSR count). The number of carboxylic acid groups (broad SMARTS) is 1. The number of hydrogen-bond donors (Lipinski definition) is 2. The van der Waals surface area contributed by atoms with Gasteiger partial charge >= 0.3 is 5.97 Å². The van der Waals surface area contributed by atoms with Crippen molar-refractivity contribution in [1.82, 2.24) is 10.3 Å². The lowest BCUT2D eigenvalue weighted by atomic mass is 10.2. The van der Waals surface area contributed by atoms with Gasteiger partial charge in [0.05, 0.1) is 22.6 Å². The summed E-state index contributed by atoms with van der Waals surface area (Å²) in [5.41, 5.74) is 0.118. The molecule has 18 heavy (non-hydrogen) atoms. The molecule has 0 bridgehead atoms. The van der Waals surface area contributed by atoms with Gasteiger partial charge in [0, 0.05) is 12.6 Å². The van der Waals surface area contributed by atoms with Crippen LogP contribution in [0.1, 0.15) is 22.5 Å². The van der Waals surface area contributed by atoms with E-state index in [2.05, 4.69) is 10.3 Å². The van der Waals surface area contributed by atoms with E-state index in [0.717, 1.165) is 12.3 Å². The number of hydrogen-bond acceptors (Lipinski definition) is 5. The van der Waals surface area contributed by atoms with Crippen molar-refractivity contribution in [3.63, 3.8) is 0 Å². The molecule has 0 saturated carbocycles. The number of amides is 1. The topological polar surface area (TPSA) is 122 Å². The van der Waals surface area contributed by atoms with Gasteiger partial charge in [-0.05, 0) is 6.92 Å². The number of aliphatic carboxylic acids is 1. The Balaban J connectivity index is 2.81. The molecular formula is C10H11N3O5. The molecule has 0 aliphatic carbocycles. The van der Waals surface area contributed by atoms with Gasteiger partial charge in [0.1, 0.15) is 6.20 Å². The van der Waals surface area contributed by atoms with Crippen LogP contribution in [-0.2, 0) is 4.79 Å². The normalized spacial score (nSPS) is 9.83. The average molecular weight is 253 g/mol. The number of carboxylic acids is 1. The smallest absolute Gasteiger partial charge is 0.305 e. The third-order valence-electron chi connectivity index (χ3n) is 2.15. The van der Waals surface area contributed by atoms with Crippen LogP contribution < -0.4 is 5.32 Å². The SMILES string of the molecule is Cc1ncc([N+](=O)[O-])cc1C(=O)NCCC(=O)O. The van der Waals surface area contributed by atoms with Gasteiger partial charge in [-0.2, -0.15) is 0 Å². The third kappa shape index (κ3) is 3.51. The highest BCUT2D eigenvalue weighted by Gasteiger charge is 2.15. The Morgan fingerprint density at radius 3 is 2.78 bits per heavy atom. The number of pyridine rings is 1. The van der Waals surface area contributed by atoms with Gasteiger partial charge in [0.2, 0.25) is 0 Å².